The summed E-state index contributed by atoms with van der Waals surface area (Å²) in [5.74, 6) is 1.66. The second-order valence-electron chi connectivity index (χ2n) is 7.06. The van der Waals surface area contributed by atoms with Crippen molar-refractivity contribution in [1.29, 1.82) is 0 Å². The molecule has 3 rings (SSSR count). The van der Waals surface area contributed by atoms with Gasteiger partial charge in [-0.15, -0.1) is 0 Å². The molecule has 5 nitrogen and oxygen atoms in total. The van der Waals surface area contributed by atoms with E-state index in [0.717, 1.165) is 27.4 Å². The average molecular weight is 410 g/mol. The van der Waals surface area contributed by atoms with Gasteiger partial charge in [-0.25, -0.2) is 9.38 Å². The fraction of sp³-hybridized carbons (Fsp3) is 0.524. The minimum absolute atomic E-state index is 0.319. The van der Waals surface area contributed by atoms with Crippen LogP contribution in [0.5, 0.6) is 5.75 Å². The molecule has 1 atom stereocenters. The first kappa shape index (κ1) is 24.2. The Hall–Kier alpha value is -1.86. The fourth-order valence-electron chi connectivity index (χ4n) is 2.44. The number of aliphatic imine (C=N–C) groups is 2. The molecule has 0 aliphatic carbocycles. The predicted octanol–water partition coefficient (Wildman–Crippen LogP) is 4.68. The van der Waals surface area contributed by atoms with Gasteiger partial charge in [-0.2, -0.15) is 0 Å². The Morgan fingerprint density at radius 1 is 1.36 bits per heavy atom. The number of aromatic hydroxyl groups is 1. The van der Waals surface area contributed by atoms with Gasteiger partial charge in [0, 0.05) is 20.1 Å². The molecule has 2 heterocycles. The molecule has 0 unspecified atom stereocenters. The molecule has 0 saturated carbocycles. The summed E-state index contributed by atoms with van der Waals surface area (Å²) in [5.41, 5.74) is 8.80. The normalized spacial score (nSPS) is 21.3. The number of halogens is 1. The molecule has 28 heavy (non-hydrogen) atoms. The van der Waals surface area contributed by atoms with Crippen molar-refractivity contribution in [2.75, 3.05) is 20.3 Å². The van der Waals surface area contributed by atoms with Gasteiger partial charge in [0.15, 0.2) is 11.0 Å². The summed E-state index contributed by atoms with van der Waals surface area (Å²) < 4.78 is 16.5. The van der Waals surface area contributed by atoms with Crippen molar-refractivity contribution in [3.63, 3.8) is 0 Å². The number of aryl methyl sites for hydroxylation is 2. The SMILES string of the molecule is CN=C1N=C(N)S/C1=C/C(C)C.Cc1cc(C)c(C)c(O)c1.F[C@@H]1CCOC1. The highest BCUT2D eigenvalue weighted by Crippen LogP contribution is 2.26. The summed E-state index contributed by atoms with van der Waals surface area (Å²) in [7, 11) is 1.73. The number of phenolic OH excluding ortho intramolecular Hbond substituents is 1. The number of hydrogen-bond acceptors (Lipinski definition) is 5. The van der Waals surface area contributed by atoms with Crippen molar-refractivity contribution in [2.45, 2.75) is 47.2 Å². The number of ether oxygens (including phenoxy) is 1. The van der Waals surface area contributed by atoms with Crippen molar-refractivity contribution in [1.82, 2.24) is 0 Å². The van der Waals surface area contributed by atoms with Crippen LogP contribution in [0, 0.1) is 26.7 Å². The van der Waals surface area contributed by atoms with Crippen LogP contribution in [0.15, 0.2) is 33.1 Å². The van der Waals surface area contributed by atoms with Gasteiger partial charge < -0.3 is 15.6 Å². The van der Waals surface area contributed by atoms with Crippen LogP contribution >= 0.6 is 11.8 Å². The Balaban J connectivity index is 0.000000221. The number of allylic oxidation sites excluding steroid dienone is 1. The van der Waals surface area contributed by atoms with Crippen LogP contribution in [0.3, 0.4) is 0 Å². The zero-order chi connectivity index (χ0) is 21.3. The summed E-state index contributed by atoms with van der Waals surface area (Å²) in [6.45, 7) is 11.1. The van der Waals surface area contributed by atoms with Crippen LogP contribution in [0.1, 0.15) is 37.0 Å². The topological polar surface area (TPSA) is 80.2 Å². The van der Waals surface area contributed by atoms with Crippen LogP contribution in [-0.2, 0) is 4.74 Å². The lowest BCUT2D eigenvalue weighted by atomic mass is 10.1. The van der Waals surface area contributed by atoms with E-state index in [2.05, 4.69) is 40.7 Å². The minimum atomic E-state index is -0.676. The molecular formula is C21H32FN3O2S. The molecule has 156 valence electrons. The van der Waals surface area contributed by atoms with Crippen molar-refractivity contribution in [3.05, 3.63) is 39.8 Å². The second-order valence-corrected chi connectivity index (χ2v) is 8.12. The van der Waals surface area contributed by atoms with E-state index >= 15 is 0 Å². The largest absolute Gasteiger partial charge is 0.508 e. The number of benzene rings is 1. The van der Waals surface area contributed by atoms with Crippen LogP contribution in [0.2, 0.25) is 0 Å². The number of alkyl halides is 1. The van der Waals surface area contributed by atoms with E-state index in [1.54, 1.807) is 13.1 Å². The predicted molar refractivity (Wildman–Crippen MR) is 118 cm³/mol. The Kier molecular flexibility index (Phi) is 10.2. The lowest BCUT2D eigenvalue weighted by Gasteiger charge is -2.03. The van der Waals surface area contributed by atoms with Gasteiger partial charge in [-0.3, -0.25) is 4.99 Å². The summed E-state index contributed by atoms with van der Waals surface area (Å²) in [5, 5.41) is 9.87. The first-order valence-corrected chi connectivity index (χ1v) is 10.1. The number of hydrogen-bond donors (Lipinski definition) is 2. The molecular weight excluding hydrogens is 377 g/mol. The fourth-order valence-corrected chi connectivity index (χ4v) is 3.36. The van der Waals surface area contributed by atoms with Crippen molar-refractivity contribution >= 4 is 22.8 Å². The molecule has 2 aliphatic rings. The summed E-state index contributed by atoms with van der Waals surface area (Å²) in [4.78, 5) is 9.19. The third-order valence-electron chi connectivity index (χ3n) is 4.01. The van der Waals surface area contributed by atoms with E-state index in [1.165, 1.54) is 11.8 Å². The maximum atomic E-state index is 11.8. The van der Waals surface area contributed by atoms with Crippen molar-refractivity contribution in [3.8, 4) is 5.75 Å². The molecule has 0 aromatic heterocycles. The van der Waals surface area contributed by atoms with Gasteiger partial charge in [0.2, 0.25) is 0 Å². The highest BCUT2D eigenvalue weighted by molar-refractivity contribution is 8.18. The van der Waals surface area contributed by atoms with E-state index in [1.807, 2.05) is 20.8 Å². The molecule has 0 spiro atoms. The monoisotopic (exact) mass is 409 g/mol. The third-order valence-corrected chi connectivity index (χ3v) is 4.84. The lowest BCUT2D eigenvalue weighted by Crippen LogP contribution is -2.01. The number of amidine groups is 2. The van der Waals surface area contributed by atoms with Gasteiger partial charge in [0.1, 0.15) is 11.9 Å². The highest BCUT2D eigenvalue weighted by Gasteiger charge is 2.16. The van der Waals surface area contributed by atoms with Gasteiger partial charge in [0.05, 0.1) is 11.5 Å². The van der Waals surface area contributed by atoms with Crippen molar-refractivity contribution < 1.29 is 14.2 Å². The quantitative estimate of drug-likeness (QED) is 0.706. The number of phenols is 1. The zero-order valence-electron chi connectivity index (χ0n) is 17.6. The number of nitrogens with two attached hydrogens (primary N) is 1. The van der Waals surface area contributed by atoms with E-state index in [-0.39, 0.29) is 0 Å². The summed E-state index contributed by atoms with van der Waals surface area (Å²) in [6, 6.07) is 3.84. The van der Waals surface area contributed by atoms with Gasteiger partial charge in [-0.1, -0.05) is 26.0 Å². The first-order chi connectivity index (χ1) is 13.1. The van der Waals surface area contributed by atoms with E-state index in [0.29, 0.717) is 36.5 Å². The molecule has 7 heteroatoms. The van der Waals surface area contributed by atoms with E-state index in [4.69, 9.17) is 5.73 Å². The van der Waals surface area contributed by atoms with Crippen LogP contribution in [-0.4, -0.2) is 42.5 Å². The molecule has 1 fully saturated rings. The van der Waals surface area contributed by atoms with E-state index < -0.39 is 6.17 Å². The van der Waals surface area contributed by atoms with Crippen LogP contribution < -0.4 is 5.73 Å². The Morgan fingerprint density at radius 2 is 2.04 bits per heavy atom. The number of nitrogens with zero attached hydrogens (tertiary/aromatic N) is 2. The zero-order valence-corrected chi connectivity index (χ0v) is 18.4. The highest BCUT2D eigenvalue weighted by atomic mass is 32.2. The molecule has 3 N–H and O–H groups in total. The molecule has 0 amide bonds. The lowest BCUT2D eigenvalue weighted by molar-refractivity contribution is 0.173. The van der Waals surface area contributed by atoms with Gasteiger partial charge in [0.25, 0.3) is 0 Å². The maximum Gasteiger partial charge on any atom is 0.165 e. The molecule has 1 saturated heterocycles. The van der Waals surface area contributed by atoms with Crippen LogP contribution in [0.4, 0.5) is 4.39 Å². The van der Waals surface area contributed by atoms with Gasteiger partial charge >= 0.3 is 0 Å². The second kappa shape index (κ2) is 11.9. The summed E-state index contributed by atoms with van der Waals surface area (Å²) in [6.07, 6.45) is 2.04. The molecule has 0 radical (unpaired) electrons. The first-order valence-electron chi connectivity index (χ1n) is 9.33. The average Bonchev–Trinajstić information content (AvgIpc) is 3.21. The van der Waals surface area contributed by atoms with E-state index in [9.17, 15) is 9.50 Å². The molecule has 1 aromatic carbocycles. The minimum Gasteiger partial charge on any atom is -0.508 e. The van der Waals surface area contributed by atoms with Gasteiger partial charge in [-0.05, 0) is 61.2 Å². The van der Waals surface area contributed by atoms with Crippen LogP contribution in [0.25, 0.3) is 0 Å². The number of thioether (sulfide) groups is 1. The Labute approximate surface area is 172 Å². The molecule has 1 aromatic rings. The Morgan fingerprint density at radius 3 is 2.46 bits per heavy atom. The van der Waals surface area contributed by atoms with Crippen molar-refractivity contribution in [2.24, 2.45) is 21.6 Å². The summed E-state index contributed by atoms with van der Waals surface area (Å²) >= 11 is 1.48. The Bertz CT molecular complexity index is 716. The molecule has 0 bridgehead atoms. The standard InChI is InChI=1S/C9H12O.C8H13N3S.C4H7FO/c1-6-4-7(2)8(3)9(10)5-6;1-5(2)4-6-7(10-3)11-8(9)12-6;5-4-1-2-6-3-4/h4-5,10H,1-3H3;4-5H,1-3H3,(H2,9,10,11);4H,1-3H2/b;6-4+;/t;;4-/m..1/s1. The maximum absolute atomic E-state index is 11.8. The molecule has 2 aliphatic heterocycles. The number of rotatable bonds is 1. The smallest absolute Gasteiger partial charge is 0.165 e. The third kappa shape index (κ3) is 8.44.